The summed E-state index contributed by atoms with van der Waals surface area (Å²) in [5, 5.41) is 11.6. The van der Waals surface area contributed by atoms with Crippen molar-refractivity contribution in [3.8, 4) is 17.2 Å². The van der Waals surface area contributed by atoms with E-state index >= 15 is 0 Å². The van der Waals surface area contributed by atoms with Gasteiger partial charge < -0.3 is 15.1 Å². The Labute approximate surface area is 186 Å². The largest absolute Gasteiger partial charge is 0.370 e. The SMILES string of the molecule is CC(C)CC(C(=O)NCC#N)c1cccc(-c2ccc(N(C)C3CCN(C)C3)cc2)c1. The number of likely N-dealkylation sites (N-methyl/N-ethyl adjacent to an activating group) is 2. The Morgan fingerprint density at radius 3 is 2.58 bits per heavy atom. The van der Waals surface area contributed by atoms with E-state index in [1.807, 2.05) is 18.2 Å². The lowest BCUT2D eigenvalue weighted by Crippen LogP contribution is -2.33. The molecule has 0 spiro atoms. The van der Waals surface area contributed by atoms with Gasteiger partial charge in [-0.05, 0) is 61.2 Å². The van der Waals surface area contributed by atoms with Crippen LogP contribution in [-0.2, 0) is 4.79 Å². The zero-order chi connectivity index (χ0) is 22.4. The van der Waals surface area contributed by atoms with Gasteiger partial charge >= 0.3 is 0 Å². The first kappa shape index (κ1) is 22.8. The molecular weight excluding hydrogens is 384 g/mol. The van der Waals surface area contributed by atoms with Gasteiger partial charge in [-0.2, -0.15) is 5.26 Å². The van der Waals surface area contributed by atoms with E-state index in [2.05, 4.69) is 79.5 Å². The van der Waals surface area contributed by atoms with Crippen molar-refractivity contribution in [2.24, 2.45) is 5.92 Å². The minimum absolute atomic E-state index is 0.0406. The molecule has 31 heavy (non-hydrogen) atoms. The van der Waals surface area contributed by atoms with Crippen LogP contribution in [0, 0.1) is 17.2 Å². The normalized spacial score (nSPS) is 17.4. The molecule has 0 radical (unpaired) electrons. The average Bonchev–Trinajstić information content (AvgIpc) is 3.21. The van der Waals surface area contributed by atoms with Gasteiger partial charge in [-0.3, -0.25) is 4.79 Å². The second-order valence-corrected chi connectivity index (χ2v) is 9.05. The van der Waals surface area contributed by atoms with Crippen molar-refractivity contribution in [1.29, 1.82) is 5.26 Å². The molecule has 1 aliphatic rings. The zero-order valence-corrected chi connectivity index (χ0v) is 19.1. The Morgan fingerprint density at radius 2 is 1.97 bits per heavy atom. The van der Waals surface area contributed by atoms with E-state index in [0.29, 0.717) is 12.0 Å². The molecule has 0 aliphatic carbocycles. The van der Waals surface area contributed by atoms with Crippen LogP contribution in [0.2, 0.25) is 0 Å². The molecule has 1 saturated heterocycles. The van der Waals surface area contributed by atoms with E-state index in [9.17, 15) is 4.79 Å². The molecule has 0 bridgehead atoms. The highest BCUT2D eigenvalue weighted by Gasteiger charge is 2.24. The third kappa shape index (κ3) is 5.86. The third-order valence-corrected chi connectivity index (χ3v) is 6.18. The fourth-order valence-electron chi connectivity index (χ4n) is 4.38. The highest BCUT2D eigenvalue weighted by molar-refractivity contribution is 5.84. The molecule has 5 nitrogen and oxygen atoms in total. The third-order valence-electron chi connectivity index (χ3n) is 6.18. The number of carbonyl (C=O) groups excluding carboxylic acids is 1. The lowest BCUT2D eigenvalue weighted by molar-refractivity contribution is -0.122. The molecule has 0 saturated carbocycles. The Balaban J connectivity index is 1.79. The number of benzene rings is 2. The number of anilines is 1. The molecule has 2 aromatic carbocycles. The van der Waals surface area contributed by atoms with Crippen molar-refractivity contribution < 1.29 is 4.79 Å². The number of rotatable bonds is 8. The number of likely N-dealkylation sites (tertiary alicyclic amines) is 1. The molecule has 1 aliphatic heterocycles. The number of carbonyl (C=O) groups is 1. The fourth-order valence-corrected chi connectivity index (χ4v) is 4.38. The Bertz CT molecular complexity index is 916. The monoisotopic (exact) mass is 418 g/mol. The van der Waals surface area contributed by atoms with Gasteiger partial charge in [0, 0.05) is 25.3 Å². The molecule has 1 N–H and O–H groups in total. The van der Waals surface area contributed by atoms with Gasteiger partial charge in [0.25, 0.3) is 0 Å². The highest BCUT2D eigenvalue weighted by Crippen LogP contribution is 2.30. The molecule has 0 aromatic heterocycles. The maximum atomic E-state index is 12.7. The summed E-state index contributed by atoms with van der Waals surface area (Å²) in [7, 11) is 4.35. The maximum Gasteiger partial charge on any atom is 0.228 e. The van der Waals surface area contributed by atoms with Crippen LogP contribution in [0.25, 0.3) is 11.1 Å². The zero-order valence-electron chi connectivity index (χ0n) is 19.1. The van der Waals surface area contributed by atoms with Crippen LogP contribution in [-0.4, -0.2) is 50.6 Å². The number of amides is 1. The predicted molar refractivity (Wildman–Crippen MR) is 127 cm³/mol. The molecule has 2 atom stereocenters. The first-order valence-electron chi connectivity index (χ1n) is 11.2. The Kier molecular flexibility index (Phi) is 7.70. The van der Waals surface area contributed by atoms with Crippen LogP contribution in [0.15, 0.2) is 48.5 Å². The smallest absolute Gasteiger partial charge is 0.228 e. The summed E-state index contributed by atoms with van der Waals surface area (Å²) in [4.78, 5) is 17.4. The van der Waals surface area contributed by atoms with Crippen molar-refractivity contribution in [1.82, 2.24) is 10.2 Å². The molecule has 2 unspecified atom stereocenters. The minimum Gasteiger partial charge on any atom is -0.370 e. The maximum absolute atomic E-state index is 12.7. The lowest BCUT2D eigenvalue weighted by atomic mass is 9.88. The van der Waals surface area contributed by atoms with E-state index in [-0.39, 0.29) is 18.4 Å². The van der Waals surface area contributed by atoms with Crippen molar-refractivity contribution in [2.75, 3.05) is 38.6 Å². The van der Waals surface area contributed by atoms with Gasteiger partial charge in [0.2, 0.25) is 5.91 Å². The van der Waals surface area contributed by atoms with Crippen molar-refractivity contribution >= 4 is 11.6 Å². The molecule has 5 heteroatoms. The van der Waals surface area contributed by atoms with Crippen LogP contribution in [0.5, 0.6) is 0 Å². The predicted octanol–water partition coefficient (Wildman–Crippen LogP) is 4.26. The van der Waals surface area contributed by atoms with Gasteiger partial charge in [-0.15, -0.1) is 0 Å². The number of hydrogen-bond donors (Lipinski definition) is 1. The summed E-state index contributed by atoms with van der Waals surface area (Å²) in [6, 6.07) is 19.5. The van der Waals surface area contributed by atoms with E-state index in [1.54, 1.807) is 0 Å². The summed E-state index contributed by atoms with van der Waals surface area (Å²) < 4.78 is 0. The van der Waals surface area contributed by atoms with Gasteiger partial charge in [0.1, 0.15) is 6.54 Å². The fraction of sp³-hybridized carbons (Fsp3) is 0.462. The summed E-state index contributed by atoms with van der Waals surface area (Å²) in [5.74, 6) is 0.0508. The minimum atomic E-state index is -0.252. The van der Waals surface area contributed by atoms with Crippen molar-refractivity contribution in [3.63, 3.8) is 0 Å². The van der Waals surface area contributed by atoms with Gasteiger partial charge in [-0.25, -0.2) is 0 Å². The molecule has 164 valence electrons. The Hall–Kier alpha value is -2.84. The van der Waals surface area contributed by atoms with E-state index in [0.717, 1.165) is 36.2 Å². The van der Waals surface area contributed by atoms with Crippen LogP contribution in [0.1, 0.15) is 38.2 Å². The lowest BCUT2D eigenvalue weighted by Gasteiger charge is -2.26. The molecular formula is C26H34N4O. The Morgan fingerprint density at radius 1 is 1.23 bits per heavy atom. The molecule has 2 aromatic rings. The molecule has 1 fully saturated rings. The standard InChI is InChI=1S/C26H34N4O/c1-19(2)16-25(26(31)28-14-13-27)22-7-5-6-21(17-22)20-8-10-23(11-9-20)30(4)24-12-15-29(3)18-24/h5-11,17,19,24-25H,12,14-16,18H2,1-4H3,(H,28,31). The number of nitriles is 1. The second-order valence-electron chi connectivity index (χ2n) is 9.05. The van der Waals surface area contributed by atoms with Gasteiger partial charge in [-0.1, -0.05) is 50.2 Å². The number of nitrogens with one attached hydrogen (secondary N) is 1. The average molecular weight is 419 g/mol. The number of nitrogens with zero attached hydrogens (tertiary/aromatic N) is 3. The molecule has 1 heterocycles. The number of hydrogen-bond acceptors (Lipinski definition) is 4. The van der Waals surface area contributed by atoms with Gasteiger partial charge in [0.05, 0.1) is 12.0 Å². The van der Waals surface area contributed by atoms with Crippen molar-refractivity contribution in [2.45, 2.75) is 38.6 Å². The quantitative estimate of drug-likeness (QED) is 0.651. The second kappa shape index (κ2) is 10.5. The summed E-state index contributed by atoms with van der Waals surface area (Å²) in [6.45, 7) is 6.53. The summed E-state index contributed by atoms with van der Waals surface area (Å²) in [5.41, 5.74) is 4.48. The van der Waals surface area contributed by atoms with Gasteiger partial charge in [0.15, 0.2) is 0 Å². The van der Waals surface area contributed by atoms with Crippen LogP contribution in [0.3, 0.4) is 0 Å². The first-order chi connectivity index (χ1) is 14.9. The molecule has 1 amide bonds. The highest BCUT2D eigenvalue weighted by atomic mass is 16.1. The van der Waals surface area contributed by atoms with Crippen molar-refractivity contribution in [3.05, 3.63) is 54.1 Å². The van der Waals surface area contributed by atoms with Crippen LogP contribution >= 0.6 is 0 Å². The van der Waals surface area contributed by atoms with E-state index in [1.165, 1.54) is 12.1 Å². The van der Waals surface area contributed by atoms with E-state index in [4.69, 9.17) is 5.26 Å². The van der Waals surface area contributed by atoms with Crippen LogP contribution in [0.4, 0.5) is 5.69 Å². The first-order valence-corrected chi connectivity index (χ1v) is 11.2. The van der Waals surface area contributed by atoms with E-state index < -0.39 is 0 Å². The molecule has 3 rings (SSSR count). The topological polar surface area (TPSA) is 59.4 Å². The summed E-state index contributed by atoms with van der Waals surface area (Å²) in [6.07, 6.45) is 1.95. The summed E-state index contributed by atoms with van der Waals surface area (Å²) >= 11 is 0. The van der Waals surface area contributed by atoms with Crippen LogP contribution < -0.4 is 10.2 Å².